The molecule has 1 amide bonds. The van der Waals surface area contributed by atoms with Gasteiger partial charge < -0.3 is 14.4 Å². The Morgan fingerprint density at radius 2 is 1.66 bits per heavy atom. The third-order valence-electron chi connectivity index (χ3n) is 6.77. The van der Waals surface area contributed by atoms with Crippen LogP contribution in [0.25, 0.3) is 22.5 Å². The third kappa shape index (κ3) is 4.46. The van der Waals surface area contributed by atoms with Gasteiger partial charge in [0.15, 0.2) is 5.82 Å². The maximum Gasteiger partial charge on any atom is 0.270 e. The van der Waals surface area contributed by atoms with Crippen LogP contribution < -0.4 is 0 Å². The lowest BCUT2D eigenvalue weighted by atomic mass is 10.0. The minimum absolute atomic E-state index is 0.149. The van der Waals surface area contributed by atoms with Gasteiger partial charge in [0.05, 0.1) is 0 Å². The Hall–Kier alpha value is -2.99. The molecule has 0 radical (unpaired) electrons. The van der Waals surface area contributed by atoms with Gasteiger partial charge in [-0.2, -0.15) is 0 Å². The van der Waals surface area contributed by atoms with Crippen molar-refractivity contribution in [2.75, 3.05) is 27.2 Å². The lowest BCUT2D eigenvalue weighted by Gasteiger charge is -2.35. The number of carbonyl (C=O) groups is 1. The van der Waals surface area contributed by atoms with Crippen molar-refractivity contribution in [1.29, 1.82) is 0 Å². The van der Waals surface area contributed by atoms with E-state index in [1.165, 1.54) is 12.8 Å². The van der Waals surface area contributed by atoms with Gasteiger partial charge in [-0.15, -0.1) is 0 Å². The number of piperidine rings is 1. The van der Waals surface area contributed by atoms with Crippen LogP contribution in [0, 0.1) is 5.92 Å². The second kappa shape index (κ2) is 8.87. The summed E-state index contributed by atoms with van der Waals surface area (Å²) in [6, 6.07) is 12.6. The maximum atomic E-state index is 13.4. The molecule has 1 saturated heterocycles. The molecule has 0 bridgehead atoms. The van der Waals surface area contributed by atoms with E-state index in [4.69, 9.17) is 0 Å². The zero-order valence-electron chi connectivity index (χ0n) is 18.9. The van der Waals surface area contributed by atoms with Gasteiger partial charge in [-0.05, 0) is 51.8 Å². The molecule has 6 nitrogen and oxygen atoms in total. The molecule has 2 fully saturated rings. The van der Waals surface area contributed by atoms with Gasteiger partial charge >= 0.3 is 0 Å². The van der Waals surface area contributed by atoms with Crippen molar-refractivity contribution in [2.45, 2.75) is 38.3 Å². The van der Waals surface area contributed by atoms with Gasteiger partial charge in [0.25, 0.3) is 5.91 Å². The number of carbonyl (C=O) groups excluding carboxylic acids is 1. The van der Waals surface area contributed by atoms with Crippen molar-refractivity contribution in [2.24, 2.45) is 5.92 Å². The van der Waals surface area contributed by atoms with Gasteiger partial charge in [-0.3, -0.25) is 4.79 Å². The van der Waals surface area contributed by atoms with E-state index in [0.717, 1.165) is 54.9 Å². The van der Waals surface area contributed by atoms with E-state index in [9.17, 15) is 4.79 Å². The van der Waals surface area contributed by atoms with Gasteiger partial charge in [0.1, 0.15) is 5.69 Å². The van der Waals surface area contributed by atoms with Crippen molar-refractivity contribution < 1.29 is 4.79 Å². The highest BCUT2D eigenvalue weighted by Crippen LogP contribution is 2.33. The Labute approximate surface area is 189 Å². The molecule has 6 heteroatoms. The molecule has 2 aromatic heterocycles. The van der Waals surface area contributed by atoms with E-state index in [2.05, 4.69) is 39.7 Å². The summed E-state index contributed by atoms with van der Waals surface area (Å²) in [6.07, 6.45) is 10.4. The molecule has 166 valence electrons. The highest BCUT2D eigenvalue weighted by molar-refractivity contribution is 5.94. The molecule has 3 heterocycles. The predicted molar refractivity (Wildman–Crippen MR) is 126 cm³/mol. The maximum absolute atomic E-state index is 13.4. The van der Waals surface area contributed by atoms with Gasteiger partial charge in [-0.1, -0.05) is 30.3 Å². The summed E-state index contributed by atoms with van der Waals surface area (Å²) in [5.41, 5.74) is 3.75. The number of rotatable bonds is 6. The lowest BCUT2D eigenvalue weighted by molar-refractivity contribution is 0.0652. The molecule has 0 unspecified atom stereocenters. The summed E-state index contributed by atoms with van der Waals surface area (Å²) in [7, 11) is 4.25. The Morgan fingerprint density at radius 1 is 0.969 bits per heavy atom. The van der Waals surface area contributed by atoms with Crippen LogP contribution in [0.4, 0.5) is 0 Å². The van der Waals surface area contributed by atoms with Crippen molar-refractivity contribution in [1.82, 2.24) is 24.3 Å². The quantitative estimate of drug-likeness (QED) is 0.590. The topological polar surface area (TPSA) is 54.3 Å². The fraction of sp³-hybridized carbons (Fsp3) is 0.423. The predicted octanol–water partition coefficient (Wildman–Crippen LogP) is 4.19. The van der Waals surface area contributed by atoms with Crippen molar-refractivity contribution in [3.63, 3.8) is 0 Å². The number of hydrogen-bond donors (Lipinski definition) is 0. The van der Waals surface area contributed by atoms with E-state index in [1.807, 2.05) is 53.7 Å². The molecular weight excluding hydrogens is 398 g/mol. The number of amides is 1. The van der Waals surface area contributed by atoms with Gasteiger partial charge in [0.2, 0.25) is 0 Å². The second-order valence-electron chi connectivity index (χ2n) is 9.36. The summed E-state index contributed by atoms with van der Waals surface area (Å²) in [5, 5.41) is 0. The largest absolute Gasteiger partial charge is 0.343 e. The highest BCUT2D eigenvalue weighted by Gasteiger charge is 2.29. The first-order valence-electron chi connectivity index (χ1n) is 11.6. The molecule has 0 atom stereocenters. The lowest BCUT2D eigenvalue weighted by Crippen LogP contribution is -2.44. The number of hydrogen-bond acceptors (Lipinski definition) is 4. The highest BCUT2D eigenvalue weighted by atomic mass is 16.2. The number of likely N-dealkylation sites (tertiary alicyclic amines) is 1. The van der Waals surface area contributed by atoms with Gasteiger partial charge in [0, 0.05) is 61.0 Å². The Bertz CT molecular complexity index is 1060. The normalized spacial score (nSPS) is 17.2. The average Bonchev–Trinajstić information content (AvgIpc) is 3.56. The molecule has 5 rings (SSSR count). The summed E-state index contributed by atoms with van der Waals surface area (Å²) in [5.74, 6) is 1.56. The monoisotopic (exact) mass is 429 g/mol. The third-order valence-corrected chi connectivity index (χ3v) is 6.77. The van der Waals surface area contributed by atoms with E-state index in [0.29, 0.717) is 17.8 Å². The van der Waals surface area contributed by atoms with Crippen LogP contribution in [0.1, 0.15) is 36.2 Å². The zero-order chi connectivity index (χ0) is 22.1. The molecule has 3 aromatic rings. The number of nitrogens with zero attached hydrogens (tertiary/aromatic N) is 5. The van der Waals surface area contributed by atoms with Crippen LogP contribution in [0.15, 0.2) is 55.0 Å². The summed E-state index contributed by atoms with van der Waals surface area (Å²) < 4.78 is 2.17. The Balaban J connectivity index is 1.38. The molecule has 1 aliphatic carbocycles. The summed E-state index contributed by atoms with van der Waals surface area (Å²) in [6.45, 7) is 2.55. The van der Waals surface area contributed by atoms with E-state index in [-0.39, 0.29) is 5.91 Å². The smallest absolute Gasteiger partial charge is 0.270 e. The van der Waals surface area contributed by atoms with Crippen LogP contribution in [-0.4, -0.2) is 63.5 Å². The fourth-order valence-electron chi connectivity index (χ4n) is 4.54. The van der Waals surface area contributed by atoms with Gasteiger partial charge in [-0.25, -0.2) is 9.97 Å². The molecule has 0 N–H and O–H groups in total. The molecule has 1 saturated carbocycles. The Kier molecular flexibility index (Phi) is 5.79. The van der Waals surface area contributed by atoms with Crippen molar-refractivity contribution in [3.8, 4) is 22.5 Å². The average molecular weight is 430 g/mol. The molecule has 1 aliphatic heterocycles. The Morgan fingerprint density at radius 3 is 2.28 bits per heavy atom. The summed E-state index contributed by atoms with van der Waals surface area (Å²) >= 11 is 0. The molecule has 0 spiro atoms. The van der Waals surface area contributed by atoms with Crippen LogP contribution >= 0.6 is 0 Å². The van der Waals surface area contributed by atoms with E-state index in [1.54, 1.807) is 0 Å². The van der Waals surface area contributed by atoms with E-state index >= 15 is 0 Å². The molecule has 2 aliphatic rings. The number of aromatic nitrogens is 3. The molecule has 1 aromatic carbocycles. The molecule has 32 heavy (non-hydrogen) atoms. The fourth-order valence-corrected chi connectivity index (χ4v) is 4.54. The van der Waals surface area contributed by atoms with E-state index < -0.39 is 0 Å². The minimum atomic E-state index is 0.149. The standard InChI is InChI=1S/C26H31N5O/c1-29(2)23-10-12-30(13-11-23)26(32)24-14-21(18-31(24)17-19-8-9-19)22-15-27-25(28-16-22)20-6-4-3-5-7-20/h3-7,14-16,18-19,23H,8-13,17H2,1-2H3. The molecular formula is C26H31N5O. The van der Waals surface area contributed by atoms with Crippen LogP contribution in [0.3, 0.4) is 0 Å². The van der Waals surface area contributed by atoms with Crippen LogP contribution in [-0.2, 0) is 6.54 Å². The SMILES string of the molecule is CN(C)C1CCN(C(=O)c2cc(-c3cnc(-c4ccccc4)nc3)cn2CC2CC2)CC1. The van der Waals surface area contributed by atoms with Crippen molar-refractivity contribution >= 4 is 5.91 Å². The van der Waals surface area contributed by atoms with Crippen molar-refractivity contribution in [3.05, 3.63) is 60.7 Å². The van der Waals surface area contributed by atoms with Crippen LogP contribution in [0.2, 0.25) is 0 Å². The first-order valence-corrected chi connectivity index (χ1v) is 11.6. The minimum Gasteiger partial charge on any atom is -0.343 e. The second-order valence-corrected chi connectivity index (χ2v) is 9.36. The van der Waals surface area contributed by atoms with Crippen LogP contribution in [0.5, 0.6) is 0 Å². The summed E-state index contributed by atoms with van der Waals surface area (Å²) in [4.78, 5) is 26.9. The first-order chi connectivity index (χ1) is 15.6. The first kappa shape index (κ1) is 20.9. The zero-order valence-corrected chi connectivity index (χ0v) is 18.9. The number of benzene rings is 1.